The molecule has 11 nitrogen and oxygen atoms in total. The van der Waals surface area contributed by atoms with E-state index in [1.807, 2.05) is 63.2 Å². The van der Waals surface area contributed by atoms with Crippen molar-refractivity contribution in [2.45, 2.75) is 96.6 Å². The van der Waals surface area contributed by atoms with E-state index in [9.17, 15) is 24.3 Å². The number of carbonyl (C=O) groups is 4. The van der Waals surface area contributed by atoms with Crippen molar-refractivity contribution in [1.82, 2.24) is 20.6 Å². The first-order chi connectivity index (χ1) is 24.8. The number of aromatic nitrogens is 2. The first-order valence-corrected chi connectivity index (χ1v) is 18.5. The van der Waals surface area contributed by atoms with Crippen molar-refractivity contribution in [2.75, 3.05) is 6.61 Å². The minimum atomic E-state index is -1.43. The van der Waals surface area contributed by atoms with E-state index in [0.29, 0.717) is 22.9 Å². The van der Waals surface area contributed by atoms with Crippen LogP contribution in [0.4, 0.5) is 0 Å². The molecule has 2 aromatic heterocycles. The number of aliphatic carboxylic acids is 2. The fourth-order valence-corrected chi connectivity index (χ4v) is 6.36. The SMILES string of the molecule is CCCCCCCOc1ccc(-c2cnc(-c3ccc(CC(NC(=O)c4ccc(C(C)(C)C)s4)C(=O)NC(CCC(=O)O)C(=O)O)cc3)nc2)cc1. The molecule has 2 aromatic carbocycles. The Kier molecular flexibility index (Phi) is 14.5. The van der Waals surface area contributed by atoms with E-state index < -0.39 is 42.3 Å². The zero-order chi connectivity index (χ0) is 37.7. The van der Waals surface area contributed by atoms with Crippen molar-refractivity contribution in [2.24, 2.45) is 0 Å². The van der Waals surface area contributed by atoms with Gasteiger partial charge in [0.1, 0.15) is 17.8 Å². The molecule has 0 aliphatic rings. The van der Waals surface area contributed by atoms with Gasteiger partial charge in [0.15, 0.2) is 5.82 Å². The fraction of sp³-hybridized carbons (Fsp3) is 0.400. The molecule has 0 aliphatic heterocycles. The van der Waals surface area contributed by atoms with E-state index in [0.717, 1.165) is 33.7 Å². The minimum absolute atomic E-state index is 0.0546. The predicted molar refractivity (Wildman–Crippen MR) is 202 cm³/mol. The van der Waals surface area contributed by atoms with Crippen molar-refractivity contribution in [1.29, 1.82) is 0 Å². The Morgan fingerprint density at radius 1 is 0.788 bits per heavy atom. The number of carbonyl (C=O) groups excluding carboxylic acids is 2. The van der Waals surface area contributed by atoms with E-state index in [1.165, 1.54) is 37.0 Å². The molecule has 4 aromatic rings. The van der Waals surface area contributed by atoms with E-state index in [-0.39, 0.29) is 18.3 Å². The van der Waals surface area contributed by atoms with Crippen molar-refractivity contribution in [3.8, 4) is 28.3 Å². The lowest BCUT2D eigenvalue weighted by Gasteiger charge is -2.21. The molecule has 0 aliphatic carbocycles. The summed E-state index contributed by atoms with van der Waals surface area (Å²) in [5.74, 6) is -2.41. The minimum Gasteiger partial charge on any atom is -0.494 e. The van der Waals surface area contributed by atoms with Gasteiger partial charge in [-0.25, -0.2) is 14.8 Å². The highest BCUT2D eigenvalue weighted by Crippen LogP contribution is 2.29. The number of rotatable bonds is 19. The number of thiophene rings is 1. The maximum Gasteiger partial charge on any atom is 0.326 e. The van der Waals surface area contributed by atoms with Crippen LogP contribution in [0.2, 0.25) is 0 Å². The Morgan fingerprint density at radius 2 is 1.44 bits per heavy atom. The van der Waals surface area contributed by atoms with Crippen molar-refractivity contribution < 1.29 is 34.1 Å². The average Bonchev–Trinajstić information content (AvgIpc) is 3.64. The van der Waals surface area contributed by atoms with Crippen LogP contribution in [0.3, 0.4) is 0 Å². The van der Waals surface area contributed by atoms with Crippen LogP contribution in [0.1, 0.15) is 92.8 Å². The Hall–Kier alpha value is -5.10. The Bertz CT molecular complexity index is 1780. The highest BCUT2D eigenvalue weighted by atomic mass is 32.1. The smallest absolute Gasteiger partial charge is 0.326 e. The average molecular weight is 729 g/mol. The molecule has 4 rings (SSSR count). The van der Waals surface area contributed by atoms with Gasteiger partial charge in [-0.15, -0.1) is 11.3 Å². The molecule has 12 heteroatoms. The second kappa shape index (κ2) is 18.9. The first kappa shape index (κ1) is 39.7. The van der Waals surface area contributed by atoms with Crippen LogP contribution in [0.15, 0.2) is 73.1 Å². The van der Waals surface area contributed by atoms with Gasteiger partial charge in [0, 0.05) is 41.2 Å². The zero-order valence-corrected chi connectivity index (χ0v) is 31.0. The largest absolute Gasteiger partial charge is 0.494 e. The third-order valence-electron chi connectivity index (χ3n) is 8.46. The van der Waals surface area contributed by atoms with Gasteiger partial charge in [-0.05, 0) is 53.6 Å². The summed E-state index contributed by atoms with van der Waals surface area (Å²) in [6, 6.07) is 16.1. The number of hydrogen-bond donors (Lipinski definition) is 4. The maximum atomic E-state index is 13.4. The number of unbranched alkanes of at least 4 members (excludes halogenated alkanes) is 4. The van der Waals surface area contributed by atoms with Crippen LogP contribution in [0.5, 0.6) is 5.75 Å². The van der Waals surface area contributed by atoms with Gasteiger partial charge in [0.05, 0.1) is 11.5 Å². The topological polar surface area (TPSA) is 168 Å². The number of amides is 2. The molecule has 2 heterocycles. The molecule has 0 bridgehead atoms. The highest BCUT2D eigenvalue weighted by molar-refractivity contribution is 7.14. The molecule has 0 spiro atoms. The molecular weight excluding hydrogens is 681 g/mol. The second-order valence-electron chi connectivity index (χ2n) is 13.8. The van der Waals surface area contributed by atoms with Crippen LogP contribution < -0.4 is 15.4 Å². The monoisotopic (exact) mass is 728 g/mol. The molecular formula is C40H48N4O7S. The van der Waals surface area contributed by atoms with Gasteiger partial charge in [-0.2, -0.15) is 0 Å². The van der Waals surface area contributed by atoms with E-state index >= 15 is 0 Å². The summed E-state index contributed by atoms with van der Waals surface area (Å²) in [4.78, 5) is 60.1. The Morgan fingerprint density at radius 3 is 2.04 bits per heavy atom. The van der Waals surface area contributed by atoms with Crippen LogP contribution in [0, 0.1) is 0 Å². The molecule has 2 unspecified atom stereocenters. The number of ether oxygens (including phenoxy) is 1. The molecule has 2 atom stereocenters. The van der Waals surface area contributed by atoms with Gasteiger partial charge >= 0.3 is 11.9 Å². The molecule has 0 radical (unpaired) electrons. The third-order valence-corrected chi connectivity index (χ3v) is 9.97. The van der Waals surface area contributed by atoms with Gasteiger partial charge in [0.25, 0.3) is 5.91 Å². The fourth-order valence-electron chi connectivity index (χ4n) is 5.39. The van der Waals surface area contributed by atoms with E-state index in [4.69, 9.17) is 9.84 Å². The lowest BCUT2D eigenvalue weighted by Crippen LogP contribution is -2.52. The first-order valence-electron chi connectivity index (χ1n) is 17.6. The van der Waals surface area contributed by atoms with E-state index in [1.54, 1.807) is 30.6 Å². The van der Waals surface area contributed by atoms with Gasteiger partial charge in [-0.1, -0.05) is 89.8 Å². The number of carboxylic acids is 2. The van der Waals surface area contributed by atoms with Crippen molar-refractivity contribution in [3.63, 3.8) is 0 Å². The second-order valence-corrected chi connectivity index (χ2v) is 14.8. The van der Waals surface area contributed by atoms with Crippen LogP contribution >= 0.6 is 11.3 Å². The number of carboxylic acid groups (broad SMARTS) is 2. The Balaban J connectivity index is 1.43. The zero-order valence-electron chi connectivity index (χ0n) is 30.2. The summed E-state index contributed by atoms with van der Waals surface area (Å²) in [7, 11) is 0. The van der Waals surface area contributed by atoms with Crippen LogP contribution in [-0.2, 0) is 26.2 Å². The molecule has 276 valence electrons. The number of benzene rings is 2. The molecule has 0 saturated heterocycles. The van der Waals surface area contributed by atoms with Crippen LogP contribution in [-0.4, -0.2) is 62.6 Å². The quantitative estimate of drug-likeness (QED) is 0.0725. The van der Waals surface area contributed by atoms with Crippen LogP contribution in [0.25, 0.3) is 22.5 Å². The lowest BCUT2D eigenvalue weighted by atomic mass is 9.95. The maximum absolute atomic E-state index is 13.4. The van der Waals surface area contributed by atoms with Gasteiger partial charge in [0.2, 0.25) is 5.91 Å². The third kappa shape index (κ3) is 12.0. The number of nitrogens with one attached hydrogen (secondary N) is 2. The normalized spacial score (nSPS) is 12.5. The highest BCUT2D eigenvalue weighted by Gasteiger charge is 2.28. The van der Waals surface area contributed by atoms with Crippen molar-refractivity contribution >= 4 is 35.1 Å². The predicted octanol–water partition coefficient (Wildman–Crippen LogP) is 7.29. The summed E-state index contributed by atoms with van der Waals surface area (Å²) in [6.07, 6.45) is 8.77. The van der Waals surface area contributed by atoms with Crippen molar-refractivity contribution in [3.05, 3.63) is 88.4 Å². The summed E-state index contributed by atoms with van der Waals surface area (Å²) >= 11 is 1.32. The van der Waals surface area contributed by atoms with Gasteiger partial charge in [-0.3, -0.25) is 14.4 Å². The molecule has 0 saturated carbocycles. The summed E-state index contributed by atoms with van der Waals surface area (Å²) < 4.78 is 5.88. The molecule has 2 amide bonds. The summed E-state index contributed by atoms with van der Waals surface area (Å²) in [5.41, 5.74) is 3.10. The van der Waals surface area contributed by atoms with E-state index in [2.05, 4.69) is 27.5 Å². The summed E-state index contributed by atoms with van der Waals surface area (Å²) in [5, 5.41) is 23.8. The molecule has 52 heavy (non-hydrogen) atoms. The molecule has 4 N–H and O–H groups in total. The van der Waals surface area contributed by atoms with Gasteiger partial charge < -0.3 is 25.6 Å². The summed E-state index contributed by atoms with van der Waals surface area (Å²) in [6.45, 7) is 9.02. The molecule has 0 fully saturated rings. The number of nitrogens with zero attached hydrogens (tertiary/aromatic N) is 2. The lowest BCUT2D eigenvalue weighted by molar-refractivity contribution is -0.143. The Labute approximate surface area is 308 Å². The number of hydrogen-bond acceptors (Lipinski definition) is 8. The standard InChI is InChI=1S/C40H48N4O7S/c1-5-6-7-8-9-22-51-30-16-14-27(15-17-30)29-24-41-36(42-25-29)28-12-10-26(11-13-28)23-32(37(47)43-31(39(49)50)18-21-35(45)46)44-38(48)33-19-20-34(52-33)40(2,3)4/h10-17,19-20,24-25,31-32H,5-9,18,21-23H2,1-4H3,(H,43,47)(H,44,48)(H,45,46)(H,49,50).